The molecular formula is C17H19N3O3. The lowest BCUT2D eigenvalue weighted by atomic mass is 9.97. The molecule has 3 heterocycles. The number of fused-ring (bicyclic) bond motifs is 2. The van der Waals surface area contributed by atoms with Crippen LogP contribution in [0.25, 0.3) is 11.3 Å². The monoisotopic (exact) mass is 313 g/mol. The molecule has 2 bridgehead atoms. The molecular weight excluding hydrogens is 294 g/mol. The third kappa shape index (κ3) is 2.94. The number of benzene rings is 1. The van der Waals surface area contributed by atoms with E-state index in [1.807, 2.05) is 0 Å². The number of oxazole rings is 1. The lowest BCUT2D eigenvalue weighted by Gasteiger charge is -2.30. The van der Waals surface area contributed by atoms with Gasteiger partial charge in [-0.15, -0.1) is 0 Å². The third-order valence-electron chi connectivity index (χ3n) is 4.63. The van der Waals surface area contributed by atoms with Crippen LogP contribution < -0.4 is 5.32 Å². The summed E-state index contributed by atoms with van der Waals surface area (Å²) in [5.74, 6) is 1.11. The van der Waals surface area contributed by atoms with E-state index in [1.165, 1.54) is 12.6 Å². The number of nitrogens with one attached hydrogen (secondary N) is 1. The number of rotatable bonds is 3. The largest absolute Gasteiger partial charge is 0.508 e. The first-order valence-corrected chi connectivity index (χ1v) is 7.96. The molecule has 2 saturated heterocycles. The maximum atomic E-state index is 12.3. The summed E-state index contributed by atoms with van der Waals surface area (Å²) in [6.07, 6.45) is 3.77. The van der Waals surface area contributed by atoms with E-state index in [0.29, 0.717) is 17.2 Å². The number of phenols is 1. The van der Waals surface area contributed by atoms with Crippen molar-refractivity contribution in [3.05, 3.63) is 36.4 Å². The van der Waals surface area contributed by atoms with Crippen LogP contribution in [0.5, 0.6) is 5.75 Å². The van der Waals surface area contributed by atoms with Gasteiger partial charge in [-0.25, -0.2) is 4.98 Å². The molecule has 2 N–H and O–H groups in total. The molecule has 1 amide bonds. The van der Waals surface area contributed by atoms with Gasteiger partial charge in [-0.2, -0.15) is 0 Å². The standard InChI is InChI=1S/C17H19N3O3/c21-14-3-1-2-12(7-14)15-8-18-17(23-15)16(22)19-13-6-11-4-5-20(9-11)10-13/h1-3,7-8,11,13,21H,4-6,9-10H2,(H,19,22)/t11-,13-/m1/s1. The average Bonchev–Trinajstić information content (AvgIpc) is 3.14. The number of nitrogens with zero attached hydrogens (tertiary/aromatic N) is 2. The first-order chi connectivity index (χ1) is 11.2. The van der Waals surface area contributed by atoms with Crippen LogP contribution in [0.2, 0.25) is 0 Å². The number of amides is 1. The lowest BCUT2D eigenvalue weighted by Crippen LogP contribution is -2.47. The lowest BCUT2D eigenvalue weighted by molar-refractivity contribution is 0.0875. The molecule has 0 spiro atoms. The Labute approximate surface area is 134 Å². The number of hydrogen-bond donors (Lipinski definition) is 2. The van der Waals surface area contributed by atoms with Gasteiger partial charge in [0.1, 0.15) is 5.75 Å². The van der Waals surface area contributed by atoms with Crippen LogP contribution in [0.4, 0.5) is 0 Å². The molecule has 2 aliphatic rings. The number of aromatic nitrogens is 1. The molecule has 2 fully saturated rings. The molecule has 6 nitrogen and oxygen atoms in total. The van der Waals surface area contributed by atoms with E-state index in [2.05, 4.69) is 15.2 Å². The van der Waals surface area contributed by atoms with Crippen molar-refractivity contribution in [2.45, 2.75) is 18.9 Å². The van der Waals surface area contributed by atoms with Gasteiger partial charge in [-0.05, 0) is 37.4 Å². The van der Waals surface area contributed by atoms with Crippen LogP contribution in [0.1, 0.15) is 23.5 Å². The molecule has 0 radical (unpaired) electrons. The molecule has 6 heteroatoms. The Hall–Kier alpha value is -2.34. The second kappa shape index (κ2) is 5.70. The summed E-state index contributed by atoms with van der Waals surface area (Å²) in [5, 5.41) is 12.5. The zero-order valence-corrected chi connectivity index (χ0v) is 12.7. The number of piperidine rings is 1. The van der Waals surface area contributed by atoms with E-state index in [4.69, 9.17) is 4.42 Å². The summed E-state index contributed by atoms with van der Waals surface area (Å²) in [5.41, 5.74) is 0.693. The highest BCUT2D eigenvalue weighted by atomic mass is 16.4. The van der Waals surface area contributed by atoms with Crippen molar-refractivity contribution in [1.82, 2.24) is 15.2 Å². The minimum absolute atomic E-state index is 0.0660. The quantitative estimate of drug-likeness (QED) is 0.904. The van der Waals surface area contributed by atoms with Crippen molar-refractivity contribution in [1.29, 1.82) is 0 Å². The Morgan fingerprint density at radius 3 is 3.13 bits per heavy atom. The highest BCUT2D eigenvalue weighted by molar-refractivity contribution is 5.90. The van der Waals surface area contributed by atoms with Gasteiger partial charge >= 0.3 is 5.91 Å². The summed E-state index contributed by atoms with van der Waals surface area (Å²) in [7, 11) is 0. The summed E-state index contributed by atoms with van der Waals surface area (Å²) < 4.78 is 5.55. The molecule has 1 aromatic carbocycles. The van der Waals surface area contributed by atoms with Gasteiger partial charge in [0.05, 0.1) is 6.20 Å². The van der Waals surface area contributed by atoms with Crippen molar-refractivity contribution in [3.63, 3.8) is 0 Å². The van der Waals surface area contributed by atoms with Crippen LogP contribution in [0.15, 0.2) is 34.9 Å². The van der Waals surface area contributed by atoms with E-state index in [-0.39, 0.29) is 23.6 Å². The van der Waals surface area contributed by atoms with Crippen LogP contribution in [-0.2, 0) is 0 Å². The molecule has 0 aliphatic carbocycles. The molecule has 4 rings (SSSR count). The van der Waals surface area contributed by atoms with Crippen LogP contribution in [0.3, 0.4) is 0 Å². The zero-order chi connectivity index (χ0) is 15.8. The fourth-order valence-electron chi connectivity index (χ4n) is 3.58. The van der Waals surface area contributed by atoms with E-state index in [0.717, 1.165) is 26.1 Å². The Bertz CT molecular complexity index is 715. The van der Waals surface area contributed by atoms with Crippen molar-refractivity contribution in [3.8, 4) is 17.1 Å². The van der Waals surface area contributed by atoms with Gasteiger partial charge in [0.2, 0.25) is 0 Å². The first kappa shape index (κ1) is 14.3. The van der Waals surface area contributed by atoms with Gasteiger partial charge in [0.25, 0.3) is 5.89 Å². The molecule has 2 aliphatic heterocycles. The normalized spacial score (nSPS) is 26.2. The Balaban J connectivity index is 1.45. The summed E-state index contributed by atoms with van der Waals surface area (Å²) in [6, 6.07) is 6.85. The Kier molecular flexibility index (Phi) is 3.53. The SMILES string of the molecule is O=C(N[C@@H]1C[C@H]2CCN(C2)C1)c1ncc(-c2cccc(O)c2)o1. The molecule has 0 saturated carbocycles. The second-order valence-corrected chi connectivity index (χ2v) is 6.40. The van der Waals surface area contributed by atoms with Gasteiger partial charge < -0.3 is 19.7 Å². The van der Waals surface area contributed by atoms with E-state index >= 15 is 0 Å². The minimum Gasteiger partial charge on any atom is -0.508 e. The number of carbonyl (C=O) groups is 1. The second-order valence-electron chi connectivity index (χ2n) is 6.40. The van der Waals surface area contributed by atoms with Crippen molar-refractivity contribution >= 4 is 5.91 Å². The summed E-state index contributed by atoms with van der Waals surface area (Å²) in [6.45, 7) is 3.20. The minimum atomic E-state index is -0.274. The highest BCUT2D eigenvalue weighted by Crippen LogP contribution is 2.27. The number of aromatic hydroxyl groups is 1. The number of hydrogen-bond acceptors (Lipinski definition) is 5. The predicted octanol–water partition coefficient (Wildman–Crippen LogP) is 1.87. The topological polar surface area (TPSA) is 78.6 Å². The predicted molar refractivity (Wildman–Crippen MR) is 84.0 cm³/mol. The van der Waals surface area contributed by atoms with Gasteiger partial charge in [-0.1, -0.05) is 12.1 Å². The smallest absolute Gasteiger partial charge is 0.307 e. The maximum absolute atomic E-state index is 12.3. The number of phenolic OH excluding ortho intramolecular Hbond substituents is 1. The van der Waals surface area contributed by atoms with Crippen LogP contribution in [-0.4, -0.2) is 46.6 Å². The van der Waals surface area contributed by atoms with E-state index < -0.39 is 0 Å². The number of carbonyl (C=O) groups excluding carboxylic acids is 1. The maximum Gasteiger partial charge on any atom is 0.307 e. The van der Waals surface area contributed by atoms with E-state index in [1.54, 1.807) is 24.3 Å². The zero-order valence-electron chi connectivity index (χ0n) is 12.7. The molecule has 3 atom stereocenters. The summed E-state index contributed by atoms with van der Waals surface area (Å²) in [4.78, 5) is 18.8. The van der Waals surface area contributed by atoms with Crippen LogP contribution in [0, 0.1) is 5.92 Å². The molecule has 1 aromatic heterocycles. The van der Waals surface area contributed by atoms with Gasteiger partial charge in [0.15, 0.2) is 5.76 Å². The highest BCUT2D eigenvalue weighted by Gasteiger charge is 2.33. The van der Waals surface area contributed by atoms with E-state index in [9.17, 15) is 9.90 Å². The Morgan fingerprint density at radius 2 is 2.30 bits per heavy atom. The van der Waals surface area contributed by atoms with Gasteiger partial charge in [-0.3, -0.25) is 4.79 Å². The first-order valence-electron chi connectivity index (χ1n) is 7.96. The molecule has 23 heavy (non-hydrogen) atoms. The van der Waals surface area contributed by atoms with Crippen LogP contribution >= 0.6 is 0 Å². The Morgan fingerprint density at radius 1 is 1.39 bits per heavy atom. The van der Waals surface area contributed by atoms with Gasteiger partial charge in [0, 0.05) is 24.7 Å². The summed E-state index contributed by atoms with van der Waals surface area (Å²) >= 11 is 0. The average molecular weight is 313 g/mol. The fourth-order valence-corrected chi connectivity index (χ4v) is 3.58. The molecule has 2 aromatic rings. The van der Waals surface area contributed by atoms with Crippen molar-refractivity contribution in [2.75, 3.05) is 19.6 Å². The third-order valence-corrected chi connectivity index (χ3v) is 4.63. The molecule has 1 unspecified atom stereocenters. The van der Waals surface area contributed by atoms with Crippen molar-refractivity contribution < 1.29 is 14.3 Å². The van der Waals surface area contributed by atoms with Crippen molar-refractivity contribution in [2.24, 2.45) is 5.92 Å². The molecule has 120 valence electrons. The fraction of sp³-hybridized carbons (Fsp3) is 0.412.